The first-order valence-corrected chi connectivity index (χ1v) is 7.07. The summed E-state index contributed by atoms with van der Waals surface area (Å²) in [6, 6.07) is 5.46. The third kappa shape index (κ3) is 2.28. The summed E-state index contributed by atoms with van der Waals surface area (Å²) in [5, 5.41) is 0. The molecule has 2 rings (SSSR count). The van der Waals surface area contributed by atoms with Gasteiger partial charge in [-0.2, -0.15) is 0 Å². The van der Waals surface area contributed by atoms with Crippen LogP contribution in [-0.4, -0.2) is 21.1 Å². The number of benzene rings is 1. The molecule has 0 atom stereocenters. The van der Waals surface area contributed by atoms with Crippen LogP contribution in [0.4, 0.5) is 0 Å². The van der Waals surface area contributed by atoms with Crippen LogP contribution in [0.25, 0.3) is 6.08 Å². The zero-order chi connectivity index (χ0) is 12.6. The summed E-state index contributed by atoms with van der Waals surface area (Å²) in [7, 11) is -3.33. The minimum Gasteiger partial charge on any atom is -0.373 e. The van der Waals surface area contributed by atoms with E-state index in [1.807, 2.05) is 32.9 Å². The second kappa shape index (κ2) is 4.27. The number of hydrogen-bond acceptors (Lipinski definition) is 3. The molecule has 1 heterocycles. The van der Waals surface area contributed by atoms with Gasteiger partial charge in [0.15, 0.2) is 0 Å². The molecule has 0 saturated heterocycles. The normalized spacial score (nSPS) is 17.1. The minimum atomic E-state index is -3.33. The number of rotatable bonds is 3. The predicted molar refractivity (Wildman–Crippen MR) is 67.4 cm³/mol. The molecular weight excluding hydrogens is 236 g/mol. The summed E-state index contributed by atoms with van der Waals surface area (Å²) in [6.07, 6.45) is 1.73. The fourth-order valence-corrected chi connectivity index (χ4v) is 3.32. The van der Waals surface area contributed by atoms with Gasteiger partial charge in [0.25, 0.3) is 0 Å². The van der Waals surface area contributed by atoms with Gasteiger partial charge in [-0.25, -0.2) is 8.42 Å². The van der Waals surface area contributed by atoms with E-state index < -0.39 is 9.84 Å². The van der Waals surface area contributed by atoms with E-state index in [0.29, 0.717) is 9.80 Å². The molecule has 0 amide bonds. The van der Waals surface area contributed by atoms with Crippen molar-refractivity contribution in [2.45, 2.75) is 31.8 Å². The van der Waals surface area contributed by atoms with E-state index in [1.165, 1.54) is 0 Å². The van der Waals surface area contributed by atoms with Crippen molar-refractivity contribution >= 4 is 15.9 Å². The molecule has 92 valence electrons. The Bertz CT molecular complexity index is 568. The van der Waals surface area contributed by atoms with Crippen LogP contribution in [0, 0.1) is 6.92 Å². The van der Waals surface area contributed by atoms with Crippen LogP contribution < -0.4 is 0 Å². The molecule has 3 nitrogen and oxygen atoms in total. The van der Waals surface area contributed by atoms with Crippen molar-refractivity contribution in [3.63, 3.8) is 0 Å². The van der Waals surface area contributed by atoms with E-state index in [4.69, 9.17) is 4.74 Å². The lowest BCUT2D eigenvalue weighted by molar-refractivity contribution is 0.101. The molecule has 1 aliphatic heterocycles. The number of aryl methyl sites for hydroxylation is 1. The van der Waals surface area contributed by atoms with Crippen molar-refractivity contribution in [3.05, 3.63) is 34.2 Å². The number of hydrogen-bond donors (Lipinski definition) is 0. The third-order valence-corrected chi connectivity index (χ3v) is 4.54. The Morgan fingerprint density at radius 3 is 2.65 bits per heavy atom. The molecule has 0 spiro atoms. The van der Waals surface area contributed by atoms with Crippen molar-refractivity contribution in [1.82, 2.24) is 0 Å². The molecule has 1 aliphatic rings. The summed E-state index contributed by atoms with van der Waals surface area (Å²) < 4.78 is 29.8. The zero-order valence-electron chi connectivity index (χ0n) is 10.2. The van der Waals surface area contributed by atoms with E-state index in [9.17, 15) is 8.42 Å². The van der Waals surface area contributed by atoms with E-state index in [1.54, 1.807) is 12.1 Å². The van der Waals surface area contributed by atoms with Crippen molar-refractivity contribution in [1.29, 1.82) is 0 Å². The first-order chi connectivity index (χ1) is 7.91. The Labute approximate surface area is 102 Å². The lowest BCUT2D eigenvalue weighted by Crippen LogP contribution is -2.11. The van der Waals surface area contributed by atoms with Crippen LogP contribution in [0.1, 0.15) is 25.0 Å². The monoisotopic (exact) mass is 252 g/mol. The zero-order valence-corrected chi connectivity index (χ0v) is 11.0. The van der Waals surface area contributed by atoms with Crippen LogP contribution in [0.15, 0.2) is 28.0 Å². The highest BCUT2D eigenvalue weighted by Crippen LogP contribution is 2.33. The number of sulfone groups is 1. The van der Waals surface area contributed by atoms with Crippen molar-refractivity contribution in [2.75, 3.05) is 6.61 Å². The van der Waals surface area contributed by atoms with Crippen molar-refractivity contribution in [3.8, 4) is 0 Å². The Hall–Kier alpha value is -1.13. The Kier molecular flexibility index (Phi) is 3.10. The van der Waals surface area contributed by atoms with Crippen LogP contribution in [0.2, 0.25) is 0 Å². The molecule has 0 unspecified atom stereocenters. The second-order valence-corrected chi connectivity index (χ2v) is 6.49. The van der Waals surface area contributed by atoms with Gasteiger partial charge in [0.05, 0.1) is 22.5 Å². The fraction of sp³-hybridized carbons (Fsp3) is 0.385. The molecule has 1 aromatic carbocycles. The van der Waals surface area contributed by atoms with E-state index in [-0.39, 0.29) is 12.7 Å². The van der Waals surface area contributed by atoms with Gasteiger partial charge in [0.2, 0.25) is 9.84 Å². The molecular formula is C13H16O3S. The molecule has 1 aromatic rings. The SMILES string of the molecule is Cc1ccc2c(c1)S(=O)(=O)C(COC(C)C)=C2. The van der Waals surface area contributed by atoms with E-state index in [0.717, 1.165) is 11.1 Å². The standard InChI is InChI=1S/C13H16O3S/c1-9(2)16-8-12-7-11-5-4-10(3)6-13(11)17(12,14)15/h4-7,9H,8H2,1-3H3. The van der Waals surface area contributed by atoms with Crippen molar-refractivity contribution < 1.29 is 13.2 Å². The van der Waals surface area contributed by atoms with Gasteiger partial charge < -0.3 is 4.74 Å². The summed E-state index contributed by atoms with van der Waals surface area (Å²) in [5.74, 6) is 0. The summed E-state index contributed by atoms with van der Waals surface area (Å²) in [5.41, 5.74) is 1.71. The molecule has 0 saturated carbocycles. The second-order valence-electron chi connectivity index (χ2n) is 4.52. The molecule has 4 heteroatoms. The van der Waals surface area contributed by atoms with Crippen LogP contribution >= 0.6 is 0 Å². The number of fused-ring (bicyclic) bond motifs is 1. The van der Waals surface area contributed by atoms with Gasteiger partial charge in [-0.3, -0.25) is 0 Å². The van der Waals surface area contributed by atoms with Crippen LogP contribution in [-0.2, 0) is 14.6 Å². The average Bonchev–Trinajstić information content (AvgIpc) is 2.48. The molecule has 0 aromatic heterocycles. The maximum Gasteiger partial charge on any atom is 0.205 e. The minimum absolute atomic E-state index is 0.0246. The molecule has 0 N–H and O–H groups in total. The summed E-state index contributed by atoms with van der Waals surface area (Å²) in [6.45, 7) is 5.81. The van der Waals surface area contributed by atoms with E-state index in [2.05, 4.69) is 0 Å². The highest BCUT2D eigenvalue weighted by molar-refractivity contribution is 7.95. The molecule has 17 heavy (non-hydrogen) atoms. The van der Waals surface area contributed by atoms with Gasteiger partial charge in [0.1, 0.15) is 0 Å². The average molecular weight is 252 g/mol. The van der Waals surface area contributed by atoms with Crippen LogP contribution in [0.5, 0.6) is 0 Å². The van der Waals surface area contributed by atoms with Crippen LogP contribution in [0.3, 0.4) is 0 Å². The van der Waals surface area contributed by atoms with Gasteiger partial charge in [-0.15, -0.1) is 0 Å². The fourth-order valence-electron chi connectivity index (χ4n) is 1.75. The van der Waals surface area contributed by atoms with Crippen molar-refractivity contribution in [2.24, 2.45) is 0 Å². The summed E-state index contributed by atoms with van der Waals surface area (Å²) in [4.78, 5) is 0.756. The first kappa shape index (κ1) is 12.3. The van der Waals surface area contributed by atoms with Gasteiger partial charge in [-0.05, 0) is 44.0 Å². The lowest BCUT2D eigenvalue weighted by Gasteiger charge is -2.08. The third-order valence-electron chi connectivity index (χ3n) is 2.68. The maximum atomic E-state index is 12.2. The van der Waals surface area contributed by atoms with E-state index >= 15 is 0 Å². The van der Waals surface area contributed by atoms with Gasteiger partial charge >= 0.3 is 0 Å². The summed E-state index contributed by atoms with van der Waals surface area (Å²) >= 11 is 0. The van der Waals surface area contributed by atoms with Gasteiger partial charge in [-0.1, -0.05) is 12.1 Å². The predicted octanol–water partition coefficient (Wildman–Crippen LogP) is 2.55. The highest BCUT2D eigenvalue weighted by atomic mass is 32.2. The highest BCUT2D eigenvalue weighted by Gasteiger charge is 2.29. The quantitative estimate of drug-likeness (QED) is 0.830. The largest absolute Gasteiger partial charge is 0.373 e. The molecule has 0 bridgehead atoms. The maximum absolute atomic E-state index is 12.2. The Balaban J connectivity index is 2.36. The Morgan fingerprint density at radius 2 is 2.00 bits per heavy atom. The molecule has 0 radical (unpaired) electrons. The van der Waals surface area contributed by atoms with Gasteiger partial charge in [0, 0.05) is 0 Å². The number of ether oxygens (including phenoxy) is 1. The smallest absolute Gasteiger partial charge is 0.205 e. The lowest BCUT2D eigenvalue weighted by atomic mass is 10.1. The molecule has 0 fully saturated rings. The topological polar surface area (TPSA) is 43.4 Å². The molecule has 0 aliphatic carbocycles. The Morgan fingerprint density at radius 1 is 1.29 bits per heavy atom. The first-order valence-electron chi connectivity index (χ1n) is 5.59.